The molecule has 0 saturated carbocycles. The van der Waals surface area contributed by atoms with Crippen molar-refractivity contribution in [2.45, 2.75) is 12.0 Å². The monoisotopic (exact) mass is 545 g/mol. The summed E-state index contributed by atoms with van der Waals surface area (Å²) in [5.41, 5.74) is -0.615. The summed E-state index contributed by atoms with van der Waals surface area (Å²) in [5, 5.41) is 10.2. The van der Waals surface area contributed by atoms with Crippen LogP contribution in [0.25, 0.3) is 11.3 Å². The molecular weight excluding hydrogens is 519 g/mol. The van der Waals surface area contributed by atoms with Crippen molar-refractivity contribution in [3.05, 3.63) is 47.0 Å². The first-order chi connectivity index (χ1) is 18.1. The van der Waals surface area contributed by atoms with Crippen LogP contribution in [0.4, 0.5) is 14.6 Å². The van der Waals surface area contributed by atoms with E-state index in [1.807, 2.05) is 19.8 Å². The van der Waals surface area contributed by atoms with Gasteiger partial charge in [0.1, 0.15) is 42.4 Å². The number of piperazine rings is 2. The highest BCUT2D eigenvalue weighted by Crippen LogP contribution is 2.46. The van der Waals surface area contributed by atoms with Gasteiger partial charge in [-0.05, 0) is 25.3 Å². The lowest BCUT2D eigenvalue weighted by Gasteiger charge is -2.41. The van der Waals surface area contributed by atoms with Crippen LogP contribution in [0.5, 0.6) is 11.5 Å². The topological polar surface area (TPSA) is 89.5 Å². The van der Waals surface area contributed by atoms with Gasteiger partial charge in [-0.3, -0.25) is 9.59 Å². The lowest BCUT2D eigenvalue weighted by atomic mass is 9.91. The van der Waals surface area contributed by atoms with Crippen molar-refractivity contribution in [1.29, 1.82) is 0 Å². The SMILES string of the molecule is B[C@H]1CN(C)CCN1c1nc(-c2c(F)ccc(F)c2O)c(Cl)c2c1C(=O)N1CCN(C(=O)C=C)C[C@@H]1CO2. The summed E-state index contributed by atoms with van der Waals surface area (Å²) in [5.74, 6) is -3.40. The minimum Gasteiger partial charge on any atom is -0.504 e. The third-order valence-electron chi connectivity index (χ3n) is 7.36. The van der Waals surface area contributed by atoms with E-state index in [1.54, 1.807) is 9.80 Å². The summed E-state index contributed by atoms with van der Waals surface area (Å²) in [6.07, 6.45) is 1.23. The van der Waals surface area contributed by atoms with Crippen molar-refractivity contribution in [1.82, 2.24) is 19.7 Å². The fourth-order valence-electron chi connectivity index (χ4n) is 5.37. The van der Waals surface area contributed by atoms with Gasteiger partial charge < -0.3 is 29.4 Å². The Morgan fingerprint density at radius 2 is 1.89 bits per heavy atom. The van der Waals surface area contributed by atoms with Gasteiger partial charge in [-0.25, -0.2) is 13.8 Å². The molecule has 0 aliphatic carbocycles. The van der Waals surface area contributed by atoms with E-state index in [2.05, 4.69) is 16.5 Å². The molecule has 2 aromatic rings. The summed E-state index contributed by atoms with van der Waals surface area (Å²) < 4.78 is 35.4. The minimum atomic E-state index is -1.04. The number of phenols is 1. The van der Waals surface area contributed by atoms with Crippen LogP contribution in [-0.4, -0.2) is 109 Å². The smallest absolute Gasteiger partial charge is 0.261 e. The fourth-order valence-corrected chi connectivity index (χ4v) is 5.66. The Bertz CT molecular complexity index is 1330. The van der Waals surface area contributed by atoms with Crippen molar-refractivity contribution in [3.63, 3.8) is 0 Å². The summed E-state index contributed by atoms with van der Waals surface area (Å²) >= 11 is 6.70. The van der Waals surface area contributed by atoms with Gasteiger partial charge in [-0.15, -0.1) is 0 Å². The summed E-state index contributed by atoms with van der Waals surface area (Å²) in [6.45, 7) is 6.24. The molecule has 13 heteroatoms. The van der Waals surface area contributed by atoms with Crippen LogP contribution in [0.1, 0.15) is 10.4 Å². The van der Waals surface area contributed by atoms with E-state index in [0.717, 1.165) is 12.1 Å². The van der Waals surface area contributed by atoms with Crippen molar-refractivity contribution in [3.8, 4) is 22.8 Å². The molecule has 9 nitrogen and oxygen atoms in total. The molecular formula is C25H27BClF2N5O4. The number of carbonyl (C=O) groups is 2. The van der Waals surface area contributed by atoms with Gasteiger partial charge in [0, 0.05) is 45.2 Å². The van der Waals surface area contributed by atoms with Gasteiger partial charge in [0.15, 0.2) is 17.3 Å². The molecule has 200 valence electrons. The molecule has 5 rings (SSSR count). The summed E-state index contributed by atoms with van der Waals surface area (Å²) in [6, 6.07) is 1.22. The number of carbonyl (C=O) groups excluding carboxylic acids is 2. The molecule has 3 aliphatic rings. The van der Waals surface area contributed by atoms with Crippen molar-refractivity contribution < 1.29 is 28.2 Å². The van der Waals surface area contributed by atoms with E-state index < -0.39 is 29.0 Å². The molecule has 2 saturated heterocycles. The van der Waals surface area contributed by atoms with E-state index in [-0.39, 0.29) is 65.3 Å². The first kappa shape index (κ1) is 26.2. The van der Waals surface area contributed by atoms with Gasteiger partial charge in [-0.2, -0.15) is 0 Å². The molecule has 0 bridgehead atoms. The Hall–Kier alpha value is -3.38. The minimum absolute atomic E-state index is 0.0121. The van der Waals surface area contributed by atoms with E-state index in [0.29, 0.717) is 26.2 Å². The van der Waals surface area contributed by atoms with Gasteiger partial charge in [-0.1, -0.05) is 18.2 Å². The third-order valence-corrected chi connectivity index (χ3v) is 7.71. The Morgan fingerprint density at radius 1 is 1.18 bits per heavy atom. The van der Waals surface area contributed by atoms with Gasteiger partial charge in [0.2, 0.25) is 5.91 Å². The molecule has 0 spiro atoms. The van der Waals surface area contributed by atoms with Crippen LogP contribution >= 0.6 is 11.6 Å². The maximum Gasteiger partial charge on any atom is 0.261 e. The van der Waals surface area contributed by atoms with E-state index >= 15 is 0 Å². The Labute approximate surface area is 224 Å². The molecule has 38 heavy (non-hydrogen) atoms. The summed E-state index contributed by atoms with van der Waals surface area (Å²) in [4.78, 5) is 38.2. The van der Waals surface area contributed by atoms with E-state index in [9.17, 15) is 23.5 Å². The second-order valence-electron chi connectivity index (χ2n) is 9.81. The number of anilines is 1. The number of aromatic hydroxyl groups is 1. The third kappa shape index (κ3) is 4.35. The van der Waals surface area contributed by atoms with Gasteiger partial charge in [0.25, 0.3) is 5.91 Å². The number of pyridine rings is 1. The molecule has 2 amide bonds. The zero-order valence-corrected chi connectivity index (χ0v) is 21.8. The van der Waals surface area contributed by atoms with E-state index in [4.69, 9.17) is 16.3 Å². The Balaban J connectivity index is 1.68. The zero-order chi connectivity index (χ0) is 27.3. The molecule has 0 radical (unpaired) electrons. The quantitative estimate of drug-likeness (QED) is 0.460. The number of fused-ring (bicyclic) bond motifs is 2. The number of ether oxygens (including phenoxy) is 1. The van der Waals surface area contributed by atoms with Gasteiger partial charge >= 0.3 is 0 Å². The second-order valence-corrected chi connectivity index (χ2v) is 10.2. The zero-order valence-electron chi connectivity index (χ0n) is 21.1. The number of rotatable bonds is 3. The Kier molecular flexibility index (Phi) is 6.95. The van der Waals surface area contributed by atoms with Crippen LogP contribution in [0.3, 0.4) is 0 Å². The highest BCUT2D eigenvalue weighted by molar-refractivity contribution is 6.35. The highest BCUT2D eigenvalue weighted by Gasteiger charge is 2.41. The number of amides is 2. The normalized spacial score (nSPS) is 21.9. The van der Waals surface area contributed by atoms with Crippen LogP contribution in [-0.2, 0) is 4.79 Å². The fraction of sp³-hybridized carbons (Fsp3) is 0.400. The number of aromatic nitrogens is 1. The van der Waals surface area contributed by atoms with Crippen LogP contribution in [0.15, 0.2) is 24.8 Å². The van der Waals surface area contributed by atoms with Crippen molar-refractivity contribution >= 4 is 37.1 Å². The van der Waals surface area contributed by atoms with Gasteiger partial charge in [0.05, 0.1) is 11.6 Å². The predicted octanol–water partition coefficient (Wildman–Crippen LogP) is 1.33. The number of likely N-dealkylation sites (N-methyl/N-ethyl adjacent to an activating group) is 1. The average molecular weight is 546 g/mol. The number of halogens is 3. The number of hydrogen-bond acceptors (Lipinski definition) is 7. The average Bonchev–Trinajstić information content (AvgIpc) is 3.04. The molecule has 1 aromatic carbocycles. The maximum atomic E-state index is 15.0. The standard InChI is InChI=1S/C25H27BClF2N5O4/c1-3-17(35)32-7-9-33-13(10-32)12-38-23-19(25(33)37)24(34-8-6-31(2)11-16(34)26)30-21(20(23)27)18-14(28)4-5-15(29)22(18)36/h3-5,13,16,36H,1,6-12,26H2,2H3/t13-,16-/m1/s1. The highest BCUT2D eigenvalue weighted by atomic mass is 35.5. The number of benzene rings is 1. The van der Waals surface area contributed by atoms with Crippen LogP contribution < -0.4 is 9.64 Å². The largest absolute Gasteiger partial charge is 0.504 e. The predicted molar refractivity (Wildman–Crippen MR) is 141 cm³/mol. The molecule has 3 aliphatic heterocycles. The first-order valence-corrected chi connectivity index (χ1v) is 12.7. The molecule has 2 atom stereocenters. The molecule has 4 heterocycles. The summed E-state index contributed by atoms with van der Waals surface area (Å²) in [7, 11) is 3.96. The van der Waals surface area contributed by atoms with E-state index in [1.165, 1.54) is 6.08 Å². The number of nitrogens with zero attached hydrogens (tertiary/aromatic N) is 5. The molecule has 1 N–H and O–H groups in total. The second kappa shape index (κ2) is 10.1. The van der Waals surface area contributed by atoms with Crippen LogP contribution in [0.2, 0.25) is 5.02 Å². The lowest BCUT2D eigenvalue weighted by molar-refractivity contribution is -0.128. The lowest BCUT2D eigenvalue weighted by Crippen LogP contribution is -2.57. The maximum absolute atomic E-state index is 15.0. The number of phenolic OH excluding ortho intramolecular Hbond substituents is 1. The van der Waals surface area contributed by atoms with Crippen molar-refractivity contribution in [2.75, 3.05) is 57.8 Å². The molecule has 1 aromatic heterocycles. The Morgan fingerprint density at radius 3 is 2.61 bits per heavy atom. The van der Waals surface area contributed by atoms with Crippen molar-refractivity contribution in [2.24, 2.45) is 0 Å². The van der Waals surface area contributed by atoms with Crippen LogP contribution in [0, 0.1) is 11.6 Å². The molecule has 2 fully saturated rings. The first-order valence-electron chi connectivity index (χ1n) is 12.3. The number of hydrogen-bond donors (Lipinski definition) is 1. The molecule has 0 unspecified atom stereocenters.